The maximum absolute atomic E-state index is 9.22. The van der Waals surface area contributed by atoms with E-state index < -0.39 is 0 Å². The molecule has 5 heteroatoms. The monoisotopic (exact) mass is 346 g/mol. The fraction of sp³-hybridized carbons (Fsp3) is 0.150. The Hall–Kier alpha value is -2.84. The van der Waals surface area contributed by atoms with Crippen molar-refractivity contribution < 1.29 is 0 Å². The van der Waals surface area contributed by atoms with Crippen LogP contribution < -0.4 is 0 Å². The Kier molecular flexibility index (Phi) is 5.65. The van der Waals surface area contributed by atoms with Crippen LogP contribution in [0.5, 0.6) is 0 Å². The first kappa shape index (κ1) is 17.0. The lowest BCUT2D eigenvalue weighted by Gasteiger charge is -2.08. The molecule has 0 aliphatic carbocycles. The normalized spacial score (nSPS) is 10.4. The summed E-state index contributed by atoms with van der Waals surface area (Å²) < 4.78 is 2.08. The molecule has 0 aliphatic heterocycles. The van der Waals surface area contributed by atoms with Crippen LogP contribution in [-0.2, 0) is 18.7 Å². The van der Waals surface area contributed by atoms with Gasteiger partial charge in [-0.15, -0.1) is 16.8 Å². The Balaban J connectivity index is 1.79. The van der Waals surface area contributed by atoms with Gasteiger partial charge in [-0.3, -0.25) is 0 Å². The third-order valence-corrected chi connectivity index (χ3v) is 4.82. The highest BCUT2D eigenvalue weighted by Gasteiger charge is 2.13. The van der Waals surface area contributed by atoms with E-state index in [0.717, 1.165) is 23.0 Å². The van der Waals surface area contributed by atoms with Gasteiger partial charge in [0.15, 0.2) is 5.16 Å². The number of allylic oxidation sites excluding steroid dienone is 1. The van der Waals surface area contributed by atoms with Gasteiger partial charge in [0.25, 0.3) is 0 Å². The zero-order valence-corrected chi connectivity index (χ0v) is 14.6. The van der Waals surface area contributed by atoms with Gasteiger partial charge < -0.3 is 4.57 Å². The number of aromatic nitrogens is 3. The van der Waals surface area contributed by atoms with Gasteiger partial charge in [0, 0.05) is 18.7 Å². The lowest BCUT2D eigenvalue weighted by atomic mass is 10.1. The predicted molar refractivity (Wildman–Crippen MR) is 100 cm³/mol. The van der Waals surface area contributed by atoms with E-state index in [9.17, 15) is 5.26 Å². The van der Waals surface area contributed by atoms with Gasteiger partial charge in [0.05, 0.1) is 11.6 Å². The van der Waals surface area contributed by atoms with Crippen molar-refractivity contribution >= 4 is 11.8 Å². The highest BCUT2D eigenvalue weighted by atomic mass is 32.2. The minimum atomic E-state index is 0.664. The maximum Gasteiger partial charge on any atom is 0.191 e. The summed E-state index contributed by atoms with van der Waals surface area (Å²) in [5, 5.41) is 18.8. The number of nitriles is 1. The largest absolute Gasteiger partial charge is 0.302 e. The van der Waals surface area contributed by atoms with E-state index in [4.69, 9.17) is 0 Å². The molecule has 0 radical (unpaired) electrons. The molecule has 0 atom stereocenters. The Morgan fingerprint density at radius 1 is 1.08 bits per heavy atom. The van der Waals surface area contributed by atoms with Gasteiger partial charge >= 0.3 is 0 Å². The fourth-order valence-corrected chi connectivity index (χ4v) is 3.52. The van der Waals surface area contributed by atoms with Crippen LogP contribution in [0.1, 0.15) is 22.5 Å². The summed E-state index contributed by atoms with van der Waals surface area (Å²) in [6.07, 6.45) is 2.59. The van der Waals surface area contributed by atoms with Gasteiger partial charge in [-0.2, -0.15) is 5.26 Å². The van der Waals surface area contributed by atoms with Crippen molar-refractivity contribution in [3.8, 4) is 6.07 Å². The quantitative estimate of drug-likeness (QED) is 0.475. The molecular weight excluding hydrogens is 328 g/mol. The average Bonchev–Trinajstić information content (AvgIpc) is 3.03. The van der Waals surface area contributed by atoms with E-state index >= 15 is 0 Å². The maximum atomic E-state index is 9.22. The van der Waals surface area contributed by atoms with E-state index in [0.29, 0.717) is 17.9 Å². The van der Waals surface area contributed by atoms with E-state index in [-0.39, 0.29) is 0 Å². The lowest BCUT2D eigenvalue weighted by Crippen LogP contribution is -2.05. The van der Waals surface area contributed by atoms with Crippen LogP contribution in [0.2, 0.25) is 0 Å². The van der Waals surface area contributed by atoms with Gasteiger partial charge in [-0.1, -0.05) is 66.4 Å². The third-order valence-electron chi connectivity index (χ3n) is 3.80. The molecular formula is C20H18N4S. The summed E-state index contributed by atoms with van der Waals surface area (Å²) >= 11 is 1.59. The van der Waals surface area contributed by atoms with Crippen LogP contribution in [0.25, 0.3) is 0 Å². The van der Waals surface area contributed by atoms with Crippen molar-refractivity contribution in [2.24, 2.45) is 0 Å². The van der Waals surface area contributed by atoms with E-state index in [1.807, 2.05) is 48.5 Å². The minimum absolute atomic E-state index is 0.664. The molecule has 0 fully saturated rings. The van der Waals surface area contributed by atoms with Gasteiger partial charge in [-0.05, 0) is 17.2 Å². The molecule has 25 heavy (non-hydrogen) atoms. The summed E-state index contributed by atoms with van der Waals surface area (Å²) in [6, 6.07) is 20.1. The first-order chi connectivity index (χ1) is 12.3. The number of hydrogen-bond donors (Lipinski definition) is 0. The van der Waals surface area contributed by atoms with Crippen LogP contribution in [-0.4, -0.2) is 14.8 Å². The van der Waals surface area contributed by atoms with Crippen LogP contribution in [0.3, 0.4) is 0 Å². The Labute approximate surface area is 151 Å². The minimum Gasteiger partial charge on any atom is -0.302 e. The van der Waals surface area contributed by atoms with Gasteiger partial charge in [0.2, 0.25) is 0 Å². The molecule has 1 heterocycles. The SMILES string of the molecule is C=CCn1c(Cc2ccccc2)nnc1SCc1ccccc1C#N. The van der Waals surface area contributed by atoms with Crippen molar-refractivity contribution in [2.45, 2.75) is 23.9 Å². The number of rotatable bonds is 7. The van der Waals surface area contributed by atoms with Gasteiger partial charge in [0.1, 0.15) is 5.82 Å². The van der Waals surface area contributed by atoms with Crippen LogP contribution in [0.4, 0.5) is 0 Å². The summed E-state index contributed by atoms with van der Waals surface area (Å²) in [5.41, 5.74) is 2.91. The standard InChI is InChI=1S/C20H18N4S/c1-2-12-24-19(13-16-8-4-3-5-9-16)22-23-20(24)25-15-18-11-7-6-10-17(18)14-21/h2-11H,1,12-13,15H2. The number of hydrogen-bond acceptors (Lipinski definition) is 4. The molecule has 3 aromatic rings. The molecule has 1 aromatic heterocycles. The zero-order valence-electron chi connectivity index (χ0n) is 13.8. The first-order valence-electron chi connectivity index (χ1n) is 7.99. The first-order valence-corrected chi connectivity index (χ1v) is 8.98. The molecule has 0 unspecified atom stereocenters. The van der Waals surface area contributed by atoms with E-state index in [1.54, 1.807) is 11.8 Å². The molecule has 0 saturated heterocycles. The predicted octanol–water partition coefficient (Wildman–Crippen LogP) is 4.22. The van der Waals surface area contributed by atoms with Crippen molar-refractivity contribution in [2.75, 3.05) is 0 Å². The topological polar surface area (TPSA) is 54.5 Å². The van der Waals surface area contributed by atoms with Crippen molar-refractivity contribution in [1.82, 2.24) is 14.8 Å². The van der Waals surface area contributed by atoms with Crippen LogP contribution in [0, 0.1) is 11.3 Å². The molecule has 124 valence electrons. The molecule has 2 aromatic carbocycles. The highest BCUT2D eigenvalue weighted by Crippen LogP contribution is 2.24. The number of benzene rings is 2. The summed E-state index contributed by atoms with van der Waals surface area (Å²) in [6.45, 7) is 4.51. The lowest BCUT2D eigenvalue weighted by molar-refractivity contribution is 0.690. The summed E-state index contributed by atoms with van der Waals surface area (Å²) in [5.74, 6) is 1.60. The smallest absolute Gasteiger partial charge is 0.191 e. The highest BCUT2D eigenvalue weighted by molar-refractivity contribution is 7.98. The fourth-order valence-electron chi connectivity index (χ4n) is 2.54. The van der Waals surface area contributed by atoms with Crippen molar-refractivity contribution in [3.05, 3.63) is 89.8 Å². The number of thioether (sulfide) groups is 1. The third kappa shape index (κ3) is 4.17. The second-order valence-electron chi connectivity index (χ2n) is 5.52. The molecule has 0 bridgehead atoms. The van der Waals surface area contributed by atoms with Crippen LogP contribution >= 0.6 is 11.8 Å². The summed E-state index contributed by atoms with van der Waals surface area (Å²) in [4.78, 5) is 0. The molecule has 0 amide bonds. The van der Waals surface area contributed by atoms with E-state index in [2.05, 4.69) is 39.5 Å². The molecule has 0 N–H and O–H groups in total. The molecule has 3 rings (SSSR count). The summed E-state index contributed by atoms with van der Waals surface area (Å²) in [7, 11) is 0. The Morgan fingerprint density at radius 2 is 1.84 bits per heavy atom. The zero-order chi connectivity index (χ0) is 17.5. The van der Waals surface area contributed by atoms with Gasteiger partial charge in [-0.25, -0.2) is 0 Å². The average molecular weight is 346 g/mol. The second-order valence-corrected chi connectivity index (χ2v) is 6.46. The van der Waals surface area contributed by atoms with Crippen molar-refractivity contribution in [1.29, 1.82) is 5.26 Å². The second kappa shape index (κ2) is 8.32. The molecule has 0 saturated carbocycles. The Morgan fingerprint density at radius 3 is 2.60 bits per heavy atom. The molecule has 0 spiro atoms. The van der Waals surface area contributed by atoms with Crippen molar-refractivity contribution in [3.63, 3.8) is 0 Å². The molecule has 4 nitrogen and oxygen atoms in total. The van der Waals surface area contributed by atoms with E-state index in [1.165, 1.54) is 5.56 Å². The number of nitrogens with zero attached hydrogens (tertiary/aromatic N) is 4. The Bertz CT molecular complexity index is 894. The molecule has 0 aliphatic rings. The van der Waals surface area contributed by atoms with Crippen LogP contribution in [0.15, 0.2) is 72.4 Å².